The van der Waals surface area contributed by atoms with E-state index in [0.29, 0.717) is 18.5 Å². The lowest BCUT2D eigenvalue weighted by Crippen LogP contribution is -2.43. The van der Waals surface area contributed by atoms with Crippen LogP contribution in [-0.2, 0) is 4.79 Å². The Kier molecular flexibility index (Phi) is 5.37. The van der Waals surface area contributed by atoms with Gasteiger partial charge < -0.3 is 11.1 Å². The van der Waals surface area contributed by atoms with E-state index < -0.39 is 0 Å². The molecule has 3 nitrogen and oxygen atoms in total. The highest BCUT2D eigenvalue weighted by atomic mass is 32.2. The van der Waals surface area contributed by atoms with Gasteiger partial charge in [-0.3, -0.25) is 4.79 Å². The van der Waals surface area contributed by atoms with E-state index in [0.717, 1.165) is 37.4 Å². The number of hydrogen-bond acceptors (Lipinski definition) is 3. The Morgan fingerprint density at radius 2 is 2.06 bits per heavy atom. The van der Waals surface area contributed by atoms with E-state index in [1.807, 2.05) is 11.8 Å². The molecule has 1 amide bonds. The predicted molar refractivity (Wildman–Crippen MR) is 77.6 cm³/mol. The normalized spacial score (nSPS) is 36.6. The van der Waals surface area contributed by atoms with Crippen molar-refractivity contribution in [3.8, 4) is 0 Å². The third-order valence-corrected chi connectivity index (χ3v) is 5.70. The molecule has 104 valence electrons. The lowest BCUT2D eigenvalue weighted by molar-refractivity contribution is -0.126. The van der Waals surface area contributed by atoms with Gasteiger partial charge in [-0.1, -0.05) is 12.8 Å². The summed E-state index contributed by atoms with van der Waals surface area (Å²) in [6.45, 7) is 0.663. The first-order valence-electron chi connectivity index (χ1n) is 7.27. The molecule has 4 heteroatoms. The van der Waals surface area contributed by atoms with Crippen molar-refractivity contribution < 1.29 is 4.79 Å². The van der Waals surface area contributed by atoms with Crippen molar-refractivity contribution >= 4 is 17.7 Å². The summed E-state index contributed by atoms with van der Waals surface area (Å²) < 4.78 is 0. The fourth-order valence-corrected chi connectivity index (χ4v) is 4.29. The zero-order valence-electron chi connectivity index (χ0n) is 11.4. The van der Waals surface area contributed by atoms with Crippen molar-refractivity contribution in [2.45, 2.75) is 56.2 Å². The van der Waals surface area contributed by atoms with Gasteiger partial charge in [-0.25, -0.2) is 0 Å². The molecule has 2 fully saturated rings. The topological polar surface area (TPSA) is 55.1 Å². The Morgan fingerprint density at radius 3 is 2.78 bits per heavy atom. The van der Waals surface area contributed by atoms with Crippen molar-refractivity contribution in [1.29, 1.82) is 0 Å². The van der Waals surface area contributed by atoms with Crippen molar-refractivity contribution in [3.05, 3.63) is 0 Å². The van der Waals surface area contributed by atoms with Crippen molar-refractivity contribution in [2.75, 3.05) is 12.8 Å². The Hall–Kier alpha value is -0.220. The largest absolute Gasteiger partial charge is 0.353 e. The molecule has 2 aliphatic rings. The Balaban J connectivity index is 1.83. The molecule has 2 saturated carbocycles. The number of carbonyl (C=O) groups is 1. The summed E-state index contributed by atoms with van der Waals surface area (Å²) in [6, 6.07) is 0.405. The molecule has 0 radical (unpaired) electrons. The van der Waals surface area contributed by atoms with Crippen LogP contribution in [0.4, 0.5) is 0 Å². The zero-order chi connectivity index (χ0) is 13.0. The van der Waals surface area contributed by atoms with Crippen LogP contribution in [0.15, 0.2) is 0 Å². The highest BCUT2D eigenvalue weighted by Gasteiger charge is 2.33. The molecule has 0 saturated heterocycles. The molecule has 3 N–H and O–H groups in total. The Morgan fingerprint density at radius 1 is 1.28 bits per heavy atom. The lowest BCUT2D eigenvalue weighted by atomic mass is 9.92. The van der Waals surface area contributed by atoms with Gasteiger partial charge in [-0.2, -0.15) is 11.8 Å². The van der Waals surface area contributed by atoms with E-state index in [1.54, 1.807) is 0 Å². The number of thioether (sulfide) groups is 1. The van der Waals surface area contributed by atoms with Crippen LogP contribution >= 0.6 is 11.8 Å². The number of carbonyl (C=O) groups excluding carboxylic acids is 1. The molecule has 2 aliphatic carbocycles. The number of amides is 1. The molecular weight excluding hydrogens is 244 g/mol. The minimum absolute atomic E-state index is 0.185. The molecule has 4 atom stereocenters. The quantitative estimate of drug-likeness (QED) is 0.823. The Bertz CT molecular complexity index is 285. The van der Waals surface area contributed by atoms with Crippen LogP contribution < -0.4 is 11.1 Å². The third kappa shape index (κ3) is 3.41. The molecule has 18 heavy (non-hydrogen) atoms. The fourth-order valence-electron chi connectivity index (χ4n) is 3.46. The maximum atomic E-state index is 12.3. The van der Waals surface area contributed by atoms with Gasteiger partial charge in [-0.05, 0) is 50.8 Å². The molecule has 0 aromatic rings. The Labute approximate surface area is 115 Å². The van der Waals surface area contributed by atoms with Gasteiger partial charge in [0.15, 0.2) is 0 Å². The number of rotatable bonds is 4. The van der Waals surface area contributed by atoms with Gasteiger partial charge in [-0.15, -0.1) is 0 Å². The molecule has 2 unspecified atom stereocenters. The lowest BCUT2D eigenvalue weighted by Gasteiger charge is -2.30. The van der Waals surface area contributed by atoms with Crippen LogP contribution in [0.1, 0.15) is 44.9 Å². The predicted octanol–water partition coefficient (Wildman–Crippen LogP) is 2.15. The summed E-state index contributed by atoms with van der Waals surface area (Å²) in [5, 5.41) is 4.02. The minimum atomic E-state index is 0.185. The second-order valence-corrected chi connectivity index (χ2v) is 6.90. The molecular formula is C14H26N2OS. The fraction of sp³-hybridized carbons (Fsp3) is 0.929. The van der Waals surface area contributed by atoms with E-state index in [9.17, 15) is 4.79 Å². The number of hydrogen-bond donors (Lipinski definition) is 2. The smallest absolute Gasteiger partial charge is 0.223 e. The van der Waals surface area contributed by atoms with E-state index in [4.69, 9.17) is 5.73 Å². The summed E-state index contributed by atoms with van der Waals surface area (Å²) in [7, 11) is 0. The third-order valence-electron chi connectivity index (χ3n) is 4.60. The molecule has 2 rings (SSSR count). The molecule has 0 aromatic heterocycles. The highest BCUT2D eigenvalue weighted by molar-refractivity contribution is 7.99. The monoisotopic (exact) mass is 270 g/mol. The van der Waals surface area contributed by atoms with E-state index in [-0.39, 0.29) is 11.8 Å². The van der Waals surface area contributed by atoms with Crippen LogP contribution in [0.25, 0.3) is 0 Å². The summed E-state index contributed by atoms with van der Waals surface area (Å²) in [5.41, 5.74) is 5.76. The molecule has 0 aliphatic heterocycles. The van der Waals surface area contributed by atoms with Crippen molar-refractivity contribution in [1.82, 2.24) is 5.32 Å². The van der Waals surface area contributed by atoms with Crippen LogP contribution in [0.2, 0.25) is 0 Å². The molecule has 0 spiro atoms. The minimum Gasteiger partial charge on any atom is -0.353 e. The summed E-state index contributed by atoms with van der Waals surface area (Å²) >= 11 is 1.94. The van der Waals surface area contributed by atoms with E-state index in [1.165, 1.54) is 12.8 Å². The van der Waals surface area contributed by atoms with E-state index in [2.05, 4.69) is 11.6 Å². The SMILES string of the molecule is CSC1CCCC(NC(=O)[C@@H]2CCC[C@@H]2CN)C1. The molecule has 0 aromatic carbocycles. The van der Waals surface area contributed by atoms with Gasteiger partial charge in [0, 0.05) is 17.2 Å². The van der Waals surface area contributed by atoms with Crippen molar-refractivity contribution in [3.63, 3.8) is 0 Å². The van der Waals surface area contributed by atoms with Gasteiger partial charge in [0.25, 0.3) is 0 Å². The van der Waals surface area contributed by atoms with Gasteiger partial charge in [0.2, 0.25) is 5.91 Å². The number of nitrogens with two attached hydrogens (primary N) is 1. The highest BCUT2D eigenvalue weighted by Crippen LogP contribution is 2.32. The van der Waals surface area contributed by atoms with Crippen LogP contribution in [0, 0.1) is 11.8 Å². The van der Waals surface area contributed by atoms with Gasteiger partial charge in [0.05, 0.1) is 0 Å². The van der Waals surface area contributed by atoms with Crippen LogP contribution in [0.3, 0.4) is 0 Å². The number of nitrogens with one attached hydrogen (secondary N) is 1. The second-order valence-electron chi connectivity index (χ2n) is 5.76. The first-order valence-corrected chi connectivity index (χ1v) is 8.56. The maximum Gasteiger partial charge on any atom is 0.223 e. The van der Waals surface area contributed by atoms with E-state index >= 15 is 0 Å². The van der Waals surface area contributed by atoms with Gasteiger partial charge >= 0.3 is 0 Å². The summed E-state index contributed by atoms with van der Waals surface area (Å²) in [5.74, 6) is 0.879. The average Bonchev–Trinajstić information content (AvgIpc) is 2.87. The molecule has 0 heterocycles. The first kappa shape index (κ1) is 14.2. The molecule has 0 bridgehead atoms. The average molecular weight is 270 g/mol. The van der Waals surface area contributed by atoms with Gasteiger partial charge in [0.1, 0.15) is 0 Å². The van der Waals surface area contributed by atoms with Crippen LogP contribution in [0.5, 0.6) is 0 Å². The second kappa shape index (κ2) is 6.80. The maximum absolute atomic E-state index is 12.3. The zero-order valence-corrected chi connectivity index (χ0v) is 12.2. The first-order chi connectivity index (χ1) is 8.74. The summed E-state index contributed by atoms with van der Waals surface area (Å²) in [6.07, 6.45) is 10.4. The summed E-state index contributed by atoms with van der Waals surface area (Å²) in [4.78, 5) is 12.3. The van der Waals surface area contributed by atoms with Crippen LogP contribution in [-0.4, -0.2) is 30.0 Å². The standard InChI is InChI=1S/C14H26N2OS/c1-18-12-6-3-5-11(8-12)16-14(17)13-7-2-4-10(13)9-15/h10-13H,2-9,15H2,1H3,(H,16,17)/t10-,11?,12?,13-/m1/s1. The van der Waals surface area contributed by atoms with Crippen molar-refractivity contribution in [2.24, 2.45) is 17.6 Å².